The second-order valence-electron chi connectivity index (χ2n) is 3.02. The van der Waals surface area contributed by atoms with Crippen LogP contribution in [0.3, 0.4) is 0 Å². The minimum absolute atomic E-state index is 0.465. The maximum Gasteiger partial charge on any atom is 0.0964 e. The van der Waals surface area contributed by atoms with Crippen LogP contribution in [0.15, 0.2) is 29.3 Å². The monoisotopic (exact) mass is 178 g/mol. The predicted molar refractivity (Wildman–Crippen MR) is 54.0 cm³/mol. The molecule has 13 heavy (non-hydrogen) atoms. The lowest BCUT2D eigenvalue weighted by atomic mass is 10.1. The van der Waals surface area contributed by atoms with Crippen LogP contribution in [0, 0.1) is 0 Å². The molecule has 0 aliphatic rings. The van der Waals surface area contributed by atoms with Gasteiger partial charge in [0.2, 0.25) is 0 Å². The fraction of sp³-hybridized carbons (Fsp3) is 0.300. The second kappa shape index (κ2) is 4.05. The van der Waals surface area contributed by atoms with Gasteiger partial charge in [-0.25, -0.2) is 4.99 Å². The van der Waals surface area contributed by atoms with E-state index in [-0.39, 0.29) is 0 Å². The average molecular weight is 178 g/mol. The highest BCUT2D eigenvalue weighted by molar-refractivity contribution is 5.80. The van der Waals surface area contributed by atoms with Crippen molar-refractivity contribution in [1.82, 2.24) is 0 Å². The van der Waals surface area contributed by atoms with Gasteiger partial charge in [-0.2, -0.15) is 0 Å². The van der Waals surface area contributed by atoms with Crippen molar-refractivity contribution < 1.29 is 5.11 Å². The summed E-state index contributed by atoms with van der Waals surface area (Å²) in [6.45, 7) is 3.45. The normalized spacial score (nSPS) is 14.2. The van der Waals surface area contributed by atoms with Crippen LogP contribution in [0.5, 0.6) is 0 Å². The number of aliphatic imine (C=N–C) groups is 1. The molecule has 0 amide bonds. The Morgan fingerprint density at radius 3 is 2.77 bits per heavy atom. The molecule has 0 aromatic heterocycles. The molecule has 1 rings (SSSR count). The third-order valence-electron chi connectivity index (χ3n) is 1.66. The summed E-state index contributed by atoms with van der Waals surface area (Å²) in [4.78, 5) is 4.09. The van der Waals surface area contributed by atoms with Gasteiger partial charge in [0.25, 0.3) is 0 Å². The summed E-state index contributed by atoms with van der Waals surface area (Å²) in [5.74, 6) is 0.516. The quantitative estimate of drug-likeness (QED) is 0.535. The lowest BCUT2D eigenvalue weighted by molar-refractivity contribution is 0.199. The first-order chi connectivity index (χ1) is 6.09. The largest absolute Gasteiger partial charge is 0.389 e. The molecule has 0 fully saturated rings. The molecule has 70 valence electrons. The molecule has 0 aliphatic heterocycles. The molecule has 0 bridgehead atoms. The number of nitrogens with two attached hydrogens (primary N) is 1. The van der Waals surface area contributed by atoms with E-state index in [1.165, 1.54) is 0 Å². The summed E-state index contributed by atoms with van der Waals surface area (Å²) in [6.07, 6.45) is -0.465. The third kappa shape index (κ3) is 2.87. The van der Waals surface area contributed by atoms with Gasteiger partial charge in [0, 0.05) is 0 Å². The number of hydrogen-bond donors (Lipinski definition) is 2. The number of nitrogens with zero attached hydrogens (tertiary/aromatic N) is 1. The number of aliphatic hydroxyl groups excluding tert-OH is 1. The van der Waals surface area contributed by atoms with Gasteiger partial charge in [-0.3, -0.25) is 0 Å². The molecule has 3 nitrogen and oxygen atoms in total. The van der Waals surface area contributed by atoms with Crippen LogP contribution in [-0.4, -0.2) is 10.9 Å². The molecule has 3 N–H and O–H groups in total. The maximum absolute atomic E-state index is 9.30. The van der Waals surface area contributed by atoms with Gasteiger partial charge >= 0.3 is 0 Å². The van der Waals surface area contributed by atoms with Crippen molar-refractivity contribution >= 4 is 11.5 Å². The van der Waals surface area contributed by atoms with E-state index in [1.54, 1.807) is 13.8 Å². The number of rotatable bonds is 2. The Balaban J connectivity index is 2.99. The predicted octanol–water partition coefficient (Wildman–Crippen LogP) is 1.75. The zero-order valence-electron chi connectivity index (χ0n) is 7.86. The third-order valence-corrected chi connectivity index (χ3v) is 1.66. The lowest BCUT2D eigenvalue weighted by Crippen LogP contribution is -2.03. The molecule has 1 unspecified atom stereocenters. The summed E-state index contributed by atoms with van der Waals surface area (Å²) < 4.78 is 0. The molecule has 1 aromatic carbocycles. The first-order valence-electron chi connectivity index (χ1n) is 4.18. The number of hydrogen-bond acceptors (Lipinski definition) is 2. The van der Waals surface area contributed by atoms with Gasteiger partial charge in [0.1, 0.15) is 0 Å². The minimum Gasteiger partial charge on any atom is -0.389 e. The number of aliphatic hydroxyl groups is 1. The highest BCUT2D eigenvalue weighted by Gasteiger charge is 2.00. The van der Waals surface area contributed by atoms with Crippen LogP contribution >= 0.6 is 0 Å². The van der Waals surface area contributed by atoms with Gasteiger partial charge in [-0.1, -0.05) is 12.1 Å². The molecule has 0 saturated heterocycles. The zero-order valence-corrected chi connectivity index (χ0v) is 7.86. The van der Waals surface area contributed by atoms with E-state index >= 15 is 0 Å². The minimum atomic E-state index is -0.465. The fourth-order valence-electron chi connectivity index (χ4n) is 1.06. The number of benzene rings is 1. The smallest absolute Gasteiger partial charge is 0.0964 e. The van der Waals surface area contributed by atoms with E-state index in [2.05, 4.69) is 4.99 Å². The fourth-order valence-corrected chi connectivity index (χ4v) is 1.06. The Hall–Kier alpha value is -1.35. The van der Waals surface area contributed by atoms with Crippen LogP contribution in [-0.2, 0) is 0 Å². The molecule has 0 spiro atoms. The van der Waals surface area contributed by atoms with E-state index < -0.39 is 6.10 Å². The van der Waals surface area contributed by atoms with Gasteiger partial charge in [-0.05, 0) is 31.5 Å². The molecule has 0 aliphatic carbocycles. The first-order valence-corrected chi connectivity index (χ1v) is 4.18. The molecule has 3 heteroatoms. The van der Waals surface area contributed by atoms with E-state index in [4.69, 9.17) is 5.73 Å². The van der Waals surface area contributed by atoms with Crippen LogP contribution in [0.1, 0.15) is 25.5 Å². The van der Waals surface area contributed by atoms with E-state index in [0.717, 1.165) is 11.3 Å². The Bertz CT molecular complexity index is 314. The second-order valence-corrected chi connectivity index (χ2v) is 3.02. The molecule has 1 atom stereocenters. The SMILES string of the molecule is CC(N)=Nc1cccc(C(C)O)c1. The van der Waals surface area contributed by atoms with Gasteiger partial charge < -0.3 is 10.8 Å². The Morgan fingerprint density at radius 2 is 2.23 bits per heavy atom. The van der Waals surface area contributed by atoms with Crippen LogP contribution < -0.4 is 5.73 Å². The zero-order chi connectivity index (χ0) is 9.84. The lowest BCUT2D eigenvalue weighted by Gasteiger charge is -2.04. The van der Waals surface area contributed by atoms with Crippen molar-refractivity contribution in [3.8, 4) is 0 Å². The highest BCUT2D eigenvalue weighted by atomic mass is 16.3. The molecule has 0 heterocycles. The molecule has 1 aromatic rings. The van der Waals surface area contributed by atoms with Crippen molar-refractivity contribution in [3.05, 3.63) is 29.8 Å². The summed E-state index contributed by atoms with van der Waals surface area (Å²) in [6, 6.07) is 7.38. The van der Waals surface area contributed by atoms with Crippen LogP contribution in [0.25, 0.3) is 0 Å². The van der Waals surface area contributed by atoms with Crippen molar-refractivity contribution in [1.29, 1.82) is 0 Å². The van der Waals surface area contributed by atoms with Crippen molar-refractivity contribution in [2.45, 2.75) is 20.0 Å². The first kappa shape index (κ1) is 9.74. The van der Waals surface area contributed by atoms with Gasteiger partial charge in [-0.15, -0.1) is 0 Å². The van der Waals surface area contributed by atoms with E-state index in [9.17, 15) is 5.11 Å². The Kier molecular flexibility index (Phi) is 3.03. The summed E-state index contributed by atoms with van der Waals surface area (Å²) in [5, 5.41) is 9.30. The number of amidine groups is 1. The summed E-state index contributed by atoms with van der Waals surface area (Å²) in [5.41, 5.74) is 7.06. The standard InChI is InChI=1S/C10H14N2O/c1-7(13)9-4-3-5-10(6-9)12-8(2)11/h3-7,13H,1-2H3,(H2,11,12). The van der Waals surface area contributed by atoms with Gasteiger partial charge in [0.05, 0.1) is 17.6 Å². The molecule has 0 saturated carbocycles. The maximum atomic E-state index is 9.30. The summed E-state index contributed by atoms with van der Waals surface area (Å²) >= 11 is 0. The van der Waals surface area contributed by atoms with Crippen molar-refractivity contribution in [2.24, 2.45) is 10.7 Å². The van der Waals surface area contributed by atoms with Gasteiger partial charge in [0.15, 0.2) is 0 Å². The summed E-state index contributed by atoms with van der Waals surface area (Å²) in [7, 11) is 0. The molecule has 0 radical (unpaired) electrons. The average Bonchev–Trinajstić information content (AvgIpc) is 2.03. The molecular formula is C10H14N2O. The van der Waals surface area contributed by atoms with E-state index in [0.29, 0.717) is 5.84 Å². The van der Waals surface area contributed by atoms with E-state index in [1.807, 2.05) is 24.3 Å². The van der Waals surface area contributed by atoms with Crippen LogP contribution in [0.2, 0.25) is 0 Å². The Labute approximate surface area is 77.9 Å². The Morgan fingerprint density at radius 1 is 1.54 bits per heavy atom. The van der Waals surface area contributed by atoms with Crippen molar-refractivity contribution in [2.75, 3.05) is 0 Å². The molecular weight excluding hydrogens is 164 g/mol. The highest BCUT2D eigenvalue weighted by Crippen LogP contribution is 2.18. The topological polar surface area (TPSA) is 58.6 Å². The van der Waals surface area contributed by atoms with Crippen molar-refractivity contribution in [3.63, 3.8) is 0 Å². The van der Waals surface area contributed by atoms with Crippen LogP contribution in [0.4, 0.5) is 5.69 Å².